The van der Waals surface area contributed by atoms with E-state index < -0.39 is 5.60 Å². The van der Waals surface area contributed by atoms with Gasteiger partial charge in [0.05, 0.1) is 15.9 Å². The van der Waals surface area contributed by atoms with Crippen LogP contribution in [0.2, 0.25) is 0 Å². The van der Waals surface area contributed by atoms with Crippen LogP contribution >= 0.6 is 27.3 Å². The number of ether oxygens (including phenoxy) is 1. The zero-order valence-electron chi connectivity index (χ0n) is 12.2. The maximum Gasteiger partial charge on any atom is 0.410 e. The third-order valence-corrected chi connectivity index (χ3v) is 4.31. The Kier molecular flexibility index (Phi) is 4.88. The molecule has 0 aromatic carbocycles. The second-order valence-corrected chi connectivity index (χ2v) is 8.28. The molecule has 0 aliphatic carbocycles. The van der Waals surface area contributed by atoms with Crippen molar-refractivity contribution in [3.05, 3.63) is 9.98 Å². The molecule has 8 heteroatoms. The quantitative estimate of drug-likeness (QED) is 0.861. The van der Waals surface area contributed by atoms with Crippen molar-refractivity contribution in [1.29, 1.82) is 0 Å². The Balaban J connectivity index is 1.87. The van der Waals surface area contributed by atoms with E-state index in [0.717, 1.165) is 3.79 Å². The molecule has 1 aliphatic heterocycles. The molecule has 1 aromatic rings. The number of likely N-dealkylation sites (tertiary alicyclic amines) is 1. The van der Waals surface area contributed by atoms with Gasteiger partial charge in [-0.1, -0.05) is 11.3 Å². The van der Waals surface area contributed by atoms with Gasteiger partial charge in [0, 0.05) is 13.1 Å². The summed E-state index contributed by atoms with van der Waals surface area (Å²) in [6.07, 6.45) is 1.91. The van der Waals surface area contributed by atoms with Gasteiger partial charge in [0.1, 0.15) is 5.60 Å². The minimum Gasteiger partial charge on any atom is -0.444 e. The van der Waals surface area contributed by atoms with Gasteiger partial charge in [0.15, 0.2) is 5.13 Å². The van der Waals surface area contributed by atoms with Crippen LogP contribution in [0.15, 0.2) is 9.98 Å². The average Bonchev–Trinajstić information content (AvgIpc) is 2.96. The molecule has 116 valence electrons. The summed E-state index contributed by atoms with van der Waals surface area (Å²) in [6, 6.07) is 0. The van der Waals surface area contributed by atoms with Gasteiger partial charge in [-0.2, -0.15) is 0 Å². The van der Waals surface area contributed by atoms with Gasteiger partial charge in [-0.25, -0.2) is 9.78 Å². The van der Waals surface area contributed by atoms with Crippen molar-refractivity contribution >= 4 is 44.4 Å². The van der Waals surface area contributed by atoms with Crippen LogP contribution in [0.5, 0.6) is 0 Å². The van der Waals surface area contributed by atoms with E-state index in [1.54, 1.807) is 11.1 Å². The number of hydrogen-bond acceptors (Lipinski definition) is 5. The largest absolute Gasteiger partial charge is 0.444 e. The number of anilines is 1. The lowest BCUT2D eigenvalue weighted by Crippen LogP contribution is -2.36. The highest BCUT2D eigenvalue weighted by molar-refractivity contribution is 9.11. The second kappa shape index (κ2) is 6.31. The van der Waals surface area contributed by atoms with Crippen molar-refractivity contribution < 1.29 is 14.3 Å². The first kappa shape index (κ1) is 16.2. The Bertz CT molecular complexity index is 541. The Labute approximate surface area is 136 Å². The van der Waals surface area contributed by atoms with E-state index in [2.05, 4.69) is 26.2 Å². The summed E-state index contributed by atoms with van der Waals surface area (Å²) < 4.78 is 6.17. The van der Waals surface area contributed by atoms with Crippen LogP contribution in [-0.2, 0) is 9.53 Å². The number of aromatic nitrogens is 1. The normalized spacial score (nSPS) is 18.7. The van der Waals surface area contributed by atoms with E-state index in [4.69, 9.17) is 4.74 Å². The van der Waals surface area contributed by atoms with E-state index in [1.807, 2.05) is 20.8 Å². The van der Waals surface area contributed by atoms with Gasteiger partial charge in [0.2, 0.25) is 5.91 Å². The predicted molar refractivity (Wildman–Crippen MR) is 84.4 cm³/mol. The van der Waals surface area contributed by atoms with Crippen LogP contribution in [0.25, 0.3) is 0 Å². The van der Waals surface area contributed by atoms with Gasteiger partial charge in [-0.3, -0.25) is 4.79 Å². The first-order chi connectivity index (χ1) is 9.74. The zero-order chi connectivity index (χ0) is 15.6. The molecule has 1 aromatic heterocycles. The summed E-state index contributed by atoms with van der Waals surface area (Å²) in [5.41, 5.74) is -0.523. The lowest BCUT2D eigenvalue weighted by molar-refractivity contribution is -0.119. The number of nitrogens with one attached hydrogen (secondary N) is 1. The second-order valence-electron chi connectivity index (χ2n) is 5.87. The molecule has 2 rings (SSSR count). The Hall–Kier alpha value is -1.15. The fourth-order valence-corrected chi connectivity index (χ4v) is 3.10. The van der Waals surface area contributed by atoms with E-state index in [-0.39, 0.29) is 17.9 Å². The van der Waals surface area contributed by atoms with Crippen LogP contribution in [0, 0.1) is 5.92 Å². The van der Waals surface area contributed by atoms with Crippen molar-refractivity contribution in [1.82, 2.24) is 9.88 Å². The third-order valence-electron chi connectivity index (χ3n) is 2.92. The number of thiazole rings is 1. The zero-order valence-corrected chi connectivity index (χ0v) is 14.6. The van der Waals surface area contributed by atoms with E-state index >= 15 is 0 Å². The molecule has 21 heavy (non-hydrogen) atoms. The molecule has 0 bridgehead atoms. The summed E-state index contributed by atoms with van der Waals surface area (Å²) in [7, 11) is 0. The highest BCUT2D eigenvalue weighted by Crippen LogP contribution is 2.25. The van der Waals surface area contributed by atoms with Gasteiger partial charge >= 0.3 is 6.09 Å². The van der Waals surface area contributed by atoms with Crippen LogP contribution in [0.1, 0.15) is 27.2 Å². The monoisotopic (exact) mass is 375 g/mol. The van der Waals surface area contributed by atoms with Crippen LogP contribution in [0.3, 0.4) is 0 Å². The van der Waals surface area contributed by atoms with Crippen LogP contribution < -0.4 is 5.32 Å². The van der Waals surface area contributed by atoms with Crippen LogP contribution in [0.4, 0.5) is 9.93 Å². The van der Waals surface area contributed by atoms with Crippen LogP contribution in [-0.4, -0.2) is 40.6 Å². The first-order valence-corrected chi connectivity index (χ1v) is 8.25. The summed E-state index contributed by atoms with van der Waals surface area (Å²) in [5.74, 6) is -0.330. The van der Waals surface area contributed by atoms with Gasteiger partial charge < -0.3 is 15.0 Å². The predicted octanol–water partition coefficient (Wildman–Crippen LogP) is 3.10. The van der Waals surface area contributed by atoms with E-state index in [9.17, 15) is 9.59 Å². The number of carbonyl (C=O) groups is 2. The lowest BCUT2D eigenvalue weighted by atomic mass is 10.1. The molecular weight excluding hydrogens is 358 g/mol. The average molecular weight is 376 g/mol. The Morgan fingerprint density at radius 1 is 1.52 bits per heavy atom. The molecule has 0 saturated carbocycles. The summed E-state index contributed by atoms with van der Waals surface area (Å²) in [4.78, 5) is 29.7. The number of halogens is 1. The van der Waals surface area contributed by atoms with Crippen molar-refractivity contribution in [2.75, 3.05) is 18.4 Å². The smallest absolute Gasteiger partial charge is 0.410 e. The molecule has 0 spiro atoms. The molecule has 1 fully saturated rings. The number of nitrogens with zero attached hydrogens (tertiary/aromatic N) is 2. The maximum atomic E-state index is 12.1. The lowest BCUT2D eigenvalue weighted by Gasteiger charge is -2.24. The molecule has 6 nitrogen and oxygen atoms in total. The van der Waals surface area contributed by atoms with Gasteiger partial charge in [-0.05, 0) is 43.1 Å². The highest BCUT2D eigenvalue weighted by atomic mass is 79.9. The Morgan fingerprint density at radius 3 is 2.81 bits per heavy atom. The van der Waals surface area contributed by atoms with Crippen molar-refractivity contribution in [3.63, 3.8) is 0 Å². The summed E-state index contributed by atoms with van der Waals surface area (Å²) >= 11 is 4.66. The number of hydrogen-bond donors (Lipinski definition) is 1. The molecule has 1 atom stereocenters. The standard InChI is InChI=1S/C13H18BrN3O3S/c1-13(2,3)20-12(19)17-5-4-8(7-17)10(18)16-11-15-6-9(14)21-11/h6,8H,4-5,7H2,1-3H3,(H,15,16,18). The summed E-state index contributed by atoms with van der Waals surface area (Å²) in [5, 5.41) is 3.33. The third kappa shape index (κ3) is 4.67. The number of amides is 2. The topological polar surface area (TPSA) is 71.5 Å². The molecule has 1 unspecified atom stereocenters. The molecule has 0 radical (unpaired) electrons. The van der Waals surface area contributed by atoms with Crippen molar-refractivity contribution in [3.8, 4) is 0 Å². The molecule has 1 N–H and O–H groups in total. The fraction of sp³-hybridized carbons (Fsp3) is 0.615. The molecule has 2 amide bonds. The fourth-order valence-electron chi connectivity index (χ4n) is 1.99. The number of rotatable bonds is 2. The first-order valence-electron chi connectivity index (χ1n) is 6.65. The minimum atomic E-state index is -0.523. The Morgan fingerprint density at radius 2 is 2.24 bits per heavy atom. The van der Waals surface area contributed by atoms with Crippen molar-refractivity contribution in [2.45, 2.75) is 32.8 Å². The van der Waals surface area contributed by atoms with Gasteiger partial charge in [0.25, 0.3) is 0 Å². The van der Waals surface area contributed by atoms with Crippen molar-refractivity contribution in [2.24, 2.45) is 5.92 Å². The number of carbonyl (C=O) groups excluding carboxylic acids is 2. The van der Waals surface area contributed by atoms with E-state index in [0.29, 0.717) is 24.6 Å². The maximum absolute atomic E-state index is 12.1. The van der Waals surface area contributed by atoms with E-state index in [1.165, 1.54) is 11.3 Å². The SMILES string of the molecule is CC(C)(C)OC(=O)N1CCC(C(=O)Nc2ncc(Br)s2)C1. The molecule has 1 saturated heterocycles. The summed E-state index contributed by atoms with van der Waals surface area (Å²) in [6.45, 7) is 6.39. The molecule has 2 heterocycles. The minimum absolute atomic E-state index is 0.108. The van der Waals surface area contributed by atoms with Gasteiger partial charge in [-0.15, -0.1) is 0 Å². The highest BCUT2D eigenvalue weighted by Gasteiger charge is 2.33. The molecule has 1 aliphatic rings. The molecular formula is C13H18BrN3O3S.